The van der Waals surface area contributed by atoms with Crippen molar-refractivity contribution in [3.63, 3.8) is 0 Å². The second-order valence-corrected chi connectivity index (χ2v) is 7.30. The fourth-order valence-corrected chi connectivity index (χ4v) is 3.75. The van der Waals surface area contributed by atoms with E-state index in [1.54, 1.807) is 6.07 Å². The van der Waals surface area contributed by atoms with Crippen LogP contribution in [-0.4, -0.2) is 42.4 Å². The Kier molecular flexibility index (Phi) is 4.73. The first-order chi connectivity index (χ1) is 15.3. The molecule has 1 amide bonds. The molecule has 0 radical (unpaired) electrons. The number of hydrogen-bond donors (Lipinski definition) is 2. The molecular formula is C20H16F3N5O4. The van der Waals surface area contributed by atoms with E-state index in [9.17, 15) is 23.1 Å². The molecule has 4 heterocycles. The summed E-state index contributed by atoms with van der Waals surface area (Å²) in [5.74, 6) is -2.65. The molecule has 9 nitrogen and oxygen atoms in total. The third kappa shape index (κ3) is 3.14. The minimum absolute atomic E-state index is 0.0274. The Balaban J connectivity index is 1.63. The number of imidazole rings is 1. The van der Waals surface area contributed by atoms with Crippen LogP contribution in [0, 0.1) is 5.82 Å². The standard InChI is InChI=1S/C20H16F3N5O4/c1-8(29)18-27-13(17(22)23)16(32-18)20(30)28-6-5-10-12(25-7-24-10)14(28)19-26-11-4-2-3-9(21)15(11)31-19/h2-4,7-8,14,17,29H,5-6H2,1H3,(H,24,25)/t8-,14-/m0/s1. The van der Waals surface area contributed by atoms with Crippen molar-refractivity contribution < 1.29 is 31.9 Å². The SMILES string of the molecule is C[C@H](O)c1nc(C(F)F)c(C(=O)N2CCc3[nH]cnc3[C@H]2c2nc3cccc(F)c3o2)o1. The minimum atomic E-state index is -3.10. The fraction of sp³-hybridized carbons (Fsp3) is 0.300. The van der Waals surface area contributed by atoms with Gasteiger partial charge in [0, 0.05) is 18.7 Å². The molecule has 0 aliphatic carbocycles. The van der Waals surface area contributed by atoms with Gasteiger partial charge in [-0.2, -0.15) is 0 Å². The van der Waals surface area contributed by atoms with Crippen molar-refractivity contribution in [1.82, 2.24) is 24.8 Å². The molecule has 1 aromatic carbocycles. The first-order valence-electron chi connectivity index (χ1n) is 9.70. The Labute approximate surface area is 177 Å². The number of aliphatic hydroxyl groups is 1. The lowest BCUT2D eigenvalue weighted by Crippen LogP contribution is -2.41. The highest BCUT2D eigenvalue weighted by atomic mass is 19.3. The van der Waals surface area contributed by atoms with Gasteiger partial charge in [-0.25, -0.2) is 28.1 Å². The highest BCUT2D eigenvalue weighted by Gasteiger charge is 2.41. The third-order valence-corrected chi connectivity index (χ3v) is 5.23. The van der Waals surface area contributed by atoms with Crippen LogP contribution in [0.4, 0.5) is 13.2 Å². The van der Waals surface area contributed by atoms with Crippen LogP contribution in [0.25, 0.3) is 11.1 Å². The molecule has 1 aliphatic heterocycles. The summed E-state index contributed by atoms with van der Waals surface area (Å²) in [7, 11) is 0. The van der Waals surface area contributed by atoms with Gasteiger partial charge in [0.05, 0.1) is 12.0 Å². The number of benzene rings is 1. The number of aromatic amines is 1. The van der Waals surface area contributed by atoms with Crippen LogP contribution in [0.3, 0.4) is 0 Å². The summed E-state index contributed by atoms with van der Waals surface area (Å²) in [5.41, 5.74) is 0.367. The molecule has 166 valence electrons. The number of aliphatic hydroxyl groups excluding tert-OH is 1. The van der Waals surface area contributed by atoms with Crippen molar-refractivity contribution in [3.8, 4) is 0 Å². The van der Waals surface area contributed by atoms with E-state index in [2.05, 4.69) is 19.9 Å². The highest BCUT2D eigenvalue weighted by molar-refractivity contribution is 5.93. The van der Waals surface area contributed by atoms with Crippen molar-refractivity contribution in [3.05, 3.63) is 65.0 Å². The molecule has 32 heavy (non-hydrogen) atoms. The van der Waals surface area contributed by atoms with Crippen LogP contribution in [0.2, 0.25) is 0 Å². The lowest BCUT2D eigenvalue weighted by molar-refractivity contribution is 0.0612. The van der Waals surface area contributed by atoms with E-state index in [0.29, 0.717) is 17.8 Å². The van der Waals surface area contributed by atoms with Gasteiger partial charge in [-0.3, -0.25) is 4.79 Å². The van der Waals surface area contributed by atoms with Gasteiger partial charge in [-0.15, -0.1) is 0 Å². The Morgan fingerprint density at radius 2 is 2.12 bits per heavy atom. The molecule has 0 spiro atoms. The Bertz CT molecular complexity index is 1310. The number of rotatable bonds is 4. The normalized spacial score (nSPS) is 17.2. The Morgan fingerprint density at radius 1 is 1.31 bits per heavy atom. The van der Waals surface area contributed by atoms with Crippen LogP contribution < -0.4 is 0 Å². The van der Waals surface area contributed by atoms with Gasteiger partial charge < -0.3 is 23.8 Å². The number of nitrogens with zero attached hydrogens (tertiary/aromatic N) is 4. The van der Waals surface area contributed by atoms with E-state index in [0.717, 1.165) is 0 Å². The summed E-state index contributed by atoms with van der Waals surface area (Å²) in [5, 5.41) is 9.67. The molecule has 4 aromatic rings. The van der Waals surface area contributed by atoms with Gasteiger partial charge >= 0.3 is 0 Å². The summed E-state index contributed by atoms with van der Waals surface area (Å²) in [6.45, 7) is 1.37. The second-order valence-electron chi connectivity index (χ2n) is 7.30. The van der Waals surface area contributed by atoms with Gasteiger partial charge in [0.15, 0.2) is 23.1 Å². The average Bonchev–Trinajstić information content (AvgIpc) is 3.49. The van der Waals surface area contributed by atoms with Crippen molar-refractivity contribution >= 4 is 17.0 Å². The number of H-pyrrole nitrogens is 1. The maximum Gasteiger partial charge on any atom is 0.292 e. The van der Waals surface area contributed by atoms with Crippen LogP contribution >= 0.6 is 0 Å². The monoisotopic (exact) mass is 447 g/mol. The topological polar surface area (TPSA) is 121 Å². The first kappa shape index (κ1) is 20.2. The van der Waals surface area contributed by atoms with E-state index in [1.807, 2.05) is 0 Å². The third-order valence-electron chi connectivity index (χ3n) is 5.23. The van der Waals surface area contributed by atoms with Gasteiger partial charge in [0.1, 0.15) is 11.6 Å². The van der Waals surface area contributed by atoms with E-state index < -0.39 is 47.6 Å². The predicted molar refractivity (Wildman–Crippen MR) is 101 cm³/mol. The Hall–Kier alpha value is -3.67. The van der Waals surface area contributed by atoms with Gasteiger partial charge in [-0.1, -0.05) is 6.07 Å². The first-order valence-corrected chi connectivity index (χ1v) is 9.70. The number of fused-ring (bicyclic) bond motifs is 2. The lowest BCUT2D eigenvalue weighted by atomic mass is 10.0. The number of carbonyl (C=O) groups is 1. The summed E-state index contributed by atoms with van der Waals surface area (Å²) in [4.78, 5) is 29.7. The number of para-hydroxylation sites is 1. The smallest absolute Gasteiger partial charge is 0.292 e. The maximum atomic E-state index is 14.2. The van der Waals surface area contributed by atoms with Gasteiger partial charge in [0.2, 0.25) is 17.5 Å². The van der Waals surface area contributed by atoms with Crippen LogP contribution in [0.5, 0.6) is 0 Å². The quantitative estimate of drug-likeness (QED) is 0.491. The largest absolute Gasteiger partial charge is 0.435 e. The molecule has 0 saturated heterocycles. The number of oxazole rings is 2. The molecule has 0 saturated carbocycles. The fourth-order valence-electron chi connectivity index (χ4n) is 3.75. The van der Waals surface area contributed by atoms with E-state index in [-0.39, 0.29) is 23.5 Å². The molecule has 0 bridgehead atoms. The second kappa shape index (κ2) is 7.48. The van der Waals surface area contributed by atoms with Crippen LogP contribution in [-0.2, 0) is 6.42 Å². The van der Waals surface area contributed by atoms with E-state index >= 15 is 0 Å². The van der Waals surface area contributed by atoms with Crippen LogP contribution in [0.15, 0.2) is 33.4 Å². The molecule has 12 heteroatoms. The number of hydrogen-bond acceptors (Lipinski definition) is 7. The summed E-state index contributed by atoms with van der Waals surface area (Å²) >= 11 is 0. The number of aromatic nitrogens is 4. The number of amides is 1. The lowest BCUT2D eigenvalue weighted by Gasteiger charge is -2.32. The van der Waals surface area contributed by atoms with Crippen molar-refractivity contribution in [2.45, 2.75) is 31.9 Å². The maximum absolute atomic E-state index is 14.2. The minimum Gasteiger partial charge on any atom is -0.435 e. The van der Waals surface area contributed by atoms with Crippen molar-refractivity contribution in [2.75, 3.05) is 6.54 Å². The van der Waals surface area contributed by atoms with E-state index in [1.165, 1.54) is 30.3 Å². The molecule has 2 atom stereocenters. The number of alkyl halides is 2. The number of nitrogens with one attached hydrogen (secondary N) is 1. The molecule has 0 fully saturated rings. The zero-order valence-corrected chi connectivity index (χ0v) is 16.6. The highest BCUT2D eigenvalue weighted by Crippen LogP contribution is 2.37. The summed E-state index contributed by atoms with van der Waals surface area (Å²) in [6.07, 6.45) is -2.61. The zero-order chi connectivity index (χ0) is 22.6. The van der Waals surface area contributed by atoms with Gasteiger partial charge in [0.25, 0.3) is 12.3 Å². The molecule has 0 unspecified atom stereocenters. The van der Waals surface area contributed by atoms with Crippen molar-refractivity contribution in [1.29, 1.82) is 0 Å². The molecule has 1 aliphatic rings. The number of carbonyl (C=O) groups excluding carboxylic acids is 1. The van der Waals surface area contributed by atoms with Gasteiger partial charge in [-0.05, 0) is 19.1 Å². The van der Waals surface area contributed by atoms with E-state index in [4.69, 9.17) is 8.83 Å². The molecule has 3 aromatic heterocycles. The molecular weight excluding hydrogens is 431 g/mol. The Morgan fingerprint density at radius 3 is 2.84 bits per heavy atom. The number of halogens is 3. The predicted octanol–water partition coefficient (Wildman–Crippen LogP) is 3.46. The molecule has 5 rings (SSSR count). The summed E-state index contributed by atoms with van der Waals surface area (Å²) in [6, 6.07) is 3.21. The summed E-state index contributed by atoms with van der Waals surface area (Å²) < 4.78 is 52.1. The van der Waals surface area contributed by atoms with Crippen LogP contribution in [0.1, 0.15) is 64.9 Å². The average molecular weight is 447 g/mol. The van der Waals surface area contributed by atoms with Crippen molar-refractivity contribution in [2.24, 2.45) is 0 Å². The zero-order valence-electron chi connectivity index (χ0n) is 16.6. The molecule has 2 N–H and O–H groups in total.